The first-order valence-corrected chi connectivity index (χ1v) is 7.20. The first-order valence-electron chi connectivity index (χ1n) is 7.20. The Morgan fingerprint density at radius 1 is 1.12 bits per heavy atom. The normalized spacial score (nSPS) is 32.1. The van der Waals surface area contributed by atoms with Gasteiger partial charge in [-0.3, -0.25) is 0 Å². The fraction of sp³-hybridized carbons (Fsp3) is 1.00. The largest absolute Gasteiger partial charge is 0.247 e. The van der Waals surface area contributed by atoms with E-state index in [1.165, 1.54) is 19.3 Å². The Balaban J connectivity index is 2.44. The number of rotatable bonds is 5. The van der Waals surface area contributed by atoms with E-state index in [0.29, 0.717) is 17.8 Å². The minimum absolute atomic E-state index is 0.341. The summed E-state index contributed by atoms with van der Waals surface area (Å²) in [4.78, 5) is 0. The lowest BCUT2D eigenvalue weighted by Crippen LogP contribution is -2.30. The fourth-order valence-corrected chi connectivity index (χ4v) is 3.14. The maximum Gasteiger partial charge on any atom is 0.103 e. The van der Waals surface area contributed by atoms with Gasteiger partial charge in [0.2, 0.25) is 0 Å². The van der Waals surface area contributed by atoms with Crippen LogP contribution in [0.5, 0.6) is 0 Å². The van der Waals surface area contributed by atoms with E-state index in [0.717, 1.165) is 25.2 Å². The van der Waals surface area contributed by atoms with Crippen LogP contribution in [0.2, 0.25) is 0 Å². The molecule has 0 saturated heterocycles. The van der Waals surface area contributed by atoms with Crippen molar-refractivity contribution in [1.29, 1.82) is 0 Å². The Kier molecular flexibility index (Phi) is 5.78. The molecule has 1 saturated carbocycles. The molecule has 0 bridgehead atoms. The molecule has 0 nitrogen and oxygen atoms in total. The first-order chi connectivity index (χ1) is 7.56. The van der Waals surface area contributed by atoms with Gasteiger partial charge in [-0.1, -0.05) is 47.0 Å². The Hall–Kier alpha value is -0.0700. The summed E-state index contributed by atoms with van der Waals surface area (Å²) < 4.78 is 13.9. The van der Waals surface area contributed by atoms with Crippen LogP contribution in [0.15, 0.2) is 0 Å². The van der Waals surface area contributed by atoms with Crippen LogP contribution in [-0.4, -0.2) is 6.17 Å². The fourth-order valence-electron chi connectivity index (χ4n) is 3.14. The molecule has 0 amide bonds. The average molecular weight is 228 g/mol. The lowest BCUT2D eigenvalue weighted by atomic mass is 9.72. The van der Waals surface area contributed by atoms with Crippen molar-refractivity contribution >= 4 is 0 Å². The van der Waals surface area contributed by atoms with E-state index < -0.39 is 6.17 Å². The number of hydrogen-bond donors (Lipinski definition) is 0. The number of hydrogen-bond acceptors (Lipinski definition) is 0. The van der Waals surface area contributed by atoms with E-state index in [-0.39, 0.29) is 0 Å². The van der Waals surface area contributed by atoms with Crippen LogP contribution in [0, 0.1) is 23.7 Å². The quantitative estimate of drug-likeness (QED) is 0.605. The van der Waals surface area contributed by atoms with Crippen LogP contribution in [0.25, 0.3) is 0 Å². The second-order valence-electron chi connectivity index (χ2n) is 6.05. The predicted octanol–water partition coefficient (Wildman–Crippen LogP) is 5.22. The zero-order valence-electron chi connectivity index (χ0n) is 11.5. The molecule has 0 radical (unpaired) electrons. The molecule has 0 aromatic heterocycles. The topological polar surface area (TPSA) is 0 Å². The smallest absolute Gasteiger partial charge is 0.103 e. The maximum atomic E-state index is 13.9. The molecule has 1 aliphatic carbocycles. The van der Waals surface area contributed by atoms with E-state index in [4.69, 9.17) is 0 Å². The van der Waals surface area contributed by atoms with Gasteiger partial charge in [0.25, 0.3) is 0 Å². The number of halogens is 1. The lowest BCUT2D eigenvalue weighted by Gasteiger charge is -2.35. The molecule has 16 heavy (non-hydrogen) atoms. The Morgan fingerprint density at radius 2 is 1.75 bits per heavy atom. The van der Waals surface area contributed by atoms with Crippen molar-refractivity contribution in [2.45, 2.75) is 72.4 Å². The highest BCUT2D eigenvalue weighted by atomic mass is 19.1. The van der Waals surface area contributed by atoms with Crippen LogP contribution in [0.4, 0.5) is 4.39 Å². The average Bonchev–Trinajstić information content (AvgIpc) is 2.28. The summed E-state index contributed by atoms with van der Waals surface area (Å²) in [5.41, 5.74) is 0. The van der Waals surface area contributed by atoms with Crippen LogP contribution in [0.1, 0.15) is 66.2 Å². The monoisotopic (exact) mass is 228 g/mol. The number of alkyl halides is 1. The highest BCUT2D eigenvalue weighted by Gasteiger charge is 2.32. The highest BCUT2D eigenvalue weighted by molar-refractivity contribution is 4.81. The zero-order valence-corrected chi connectivity index (χ0v) is 11.5. The van der Waals surface area contributed by atoms with E-state index in [9.17, 15) is 4.39 Å². The molecule has 0 spiro atoms. The molecule has 1 aliphatic rings. The summed E-state index contributed by atoms with van der Waals surface area (Å²) in [5, 5.41) is 0. The summed E-state index contributed by atoms with van der Waals surface area (Å²) in [7, 11) is 0. The third-order valence-corrected chi connectivity index (χ3v) is 4.78. The van der Waals surface area contributed by atoms with Gasteiger partial charge in [0, 0.05) is 0 Å². The minimum Gasteiger partial charge on any atom is -0.247 e. The molecule has 0 aromatic rings. The van der Waals surface area contributed by atoms with Crippen molar-refractivity contribution in [2.24, 2.45) is 23.7 Å². The molecule has 0 heterocycles. The molecule has 96 valence electrons. The van der Waals surface area contributed by atoms with Crippen molar-refractivity contribution in [3.8, 4) is 0 Å². The van der Waals surface area contributed by atoms with E-state index >= 15 is 0 Å². The molecule has 0 aliphatic heterocycles. The molecule has 0 aromatic carbocycles. The van der Waals surface area contributed by atoms with Gasteiger partial charge in [0.15, 0.2) is 0 Å². The Morgan fingerprint density at radius 3 is 2.31 bits per heavy atom. The van der Waals surface area contributed by atoms with Crippen molar-refractivity contribution in [2.75, 3.05) is 0 Å². The SMILES string of the molecule is CCC(C)CC(C)C(C)C1CCCCC1F. The van der Waals surface area contributed by atoms with Crippen molar-refractivity contribution in [3.63, 3.8) is 0 Å². The van der Waals surface area contributed by atoms with Gasteiger partial charge < -0.3 is 0 Å². The second kappa shape index (κ2) is 6.61. The molecular weight excluding hydrogens is 199 g/mol. The van der Waals surface area contributed by atoms with E-state index in [1.807, 2.05) is 0 Å². The molecule has 1 fully saturated rings. The molecule has 5 atom stereocenters. The summed E-state index contributed by atoms with van der Waals surface area (Å²) >= 11 is 0. The second-order valence-corrected chi connectivity index (χ2v) is 6.05. The van der Waals surface area contributed by atoms with Gasteiger partial charge in [-0.05, 0) is 42.9 Å². The van der Waals surface area contributed by atoms with Crippen molar-refractivity contribution in [1.82, 2.24) is 0 Å². The van der Waals surface area contributed by atoms with Gasteiger partial charge in [-0.2, -0.15) is 0 Å². The minimum atomic E-state index is -0.525. The Bertz CT molecular complexity index is 190. The van der Waals surface area contributed by atoms with Crippen LogP contribution in [0.3, 0.4) is 0 Å². The zero-order chi connectivity index (χ0) is 12.1. The van der Waals surface area contributed by atoms with E-state index in [2.05, 4.69) is 27.7 Å². The predicted molar refractivity (Wildman–Crippen MR) is 69.3 cm³/mol. The van der Waals surface area contributed by atoms with Crippen LogP contribution in [-0.2, 0) is 0 Å². The first kappa shape index (κ1) is 14.0. The summed E-state index contributed by atoms with van der Waals surface area (Å²) in [5.74, 6) is 2.37. The van der Waals surface area contributed by atoms with Gasteiger partial charge in [-0.25, -0.2) is 4.39 Å². The van der Waals surface area contributed by atoms with Crippen molar-refractivity contribution in [3.05, 3.63) is 0 Å². The molecule has 1 rings (SSSR count). The lowest BCUT2D eigenvalue weighted by molar-refractivity contribution is 0.0875. The van der Waals surface area contributed by atoms with Gasteiger partial charge in [0.05, 0.1) is 0 Å². The van der Waals surface area contributed by atoms with Crippen LogP contribution < -0.4 is 0 Å². The summed E-state index contributed by atoms with van der Waals surface area (Å²) in [6, 6.07) is 0. The molecule has 0 N–H and O–H groups in total. The highest BCUT2D eigenvalue weighted by Crippen LogP contribution is 2.37. The van der Waals surface area contributed by atoms with Gasteiger partial charge >= 0.3 is 0 Å². The maximum absolute atomic E-state index is 13.9. The summed E-state index contributed by atoms with van der Waals surface area (Å²) in [6.45, 7) is 9.16. The van der Waals surface area contributed by atoms with E-state index in [1.54, 1.807) is 0 Å². The van der Waals surface area contributed by atoms with Crippen molar-refractivity contribution < 1.29 is 4.39 Å². The molecular formula is C15H29F. The third kappa shape index (κ3) is 3.75. The molecule has 5 unspecified atom stereocenters. The Labute approximate surface area is 101 Å². The summed E-state index contributed by atoms with van der Waals surface area (Å²) in [6.07, 6.45) is 6.26. The van der Waals surface area contributed by atoms with Crippen LogP contribution >= 0.6 is 0 Å². The standard InChI is InChI=1S/C15H29F/c1-5-11(2)10-12(3)13(4)14-8-6-7-9-15(14)16/h11-15H,5-10H2,1-4H3. The molecule has 1 heteroatoms. The van der Waals surface area contributed by atoms with Gasteiger partial charge in [0.1, 0.15) is 6.17 Å². The third-order valence-electron chi connectivity index (χ3n) is 4.78. The van der Waals surface area contributed by atoms with Gasteiger partial charge in [-0.15, -0.1) is 0 Å².